The van der Waals surface area contributed by atoms with E-state index in [2.05, 4.69) is 6.08 Å². The lowest BCUT2D eigenvalue weighted by atomic mass is 10.1. The quantitative estimate of drug-likeness (QED) is 0.511. The molecule has 0 spiro atoms. The highest BCUT2D eigenvalue weighted by atomic mass is 16.5. The molecule has 0 aliphatic heterocycles. The van der Waals surface area contributed by atoms with Crippen LogP contribution in [0.2, 0.25) is 0 Å². The molecule has 0 aromatic carbocycles. The molecule has 2 atom stereocenters. The number of carbonyl (C=O) groups is 1. The normalized spacial score (nSPS) is 25.7. The van der Waals surface area contributed by atoms with Gasteiger partial charge in [0.15, 0.2) is 0 Å². The van der Waals surface area contributed by atoms with Crippen molar-refractivity contribution in [2.24, 2.45) is 5.92 Å². The Morgan fingerprint density at radius 3 is 2.79 bits per heavy atom. The van der Waals surface area contributed by atoms with E-state index in [1.165, 1.54) is 6.92 Å². The van der Waals surface area contributed by atoms with Crippen LogP contribution in [0.25, 0.3) is 0 Å². The van der Waals surface area contributed by atoms with Gasteiger partial charge < -0.3 is 9.47 Å². The molecule has 0 saturated carbocycles. The maximum absolute atomic E-state index is 10.7. The first-order valence-electron chi connectivity index (χ1n) is 5.05. The average Bonchev–Trinajstić information content (AvgIpc) is 2.47. The molecule has 0 saturated heterocycles. The van der Waals surface area contributed by atoms with Gasteiger partial charge in [0.25, 0.3) is 0 Å². The highest BCUT2D eigenvalue weighted by Crippen LogP contribution is 2.21. The minimum absolute atomic E-state index is 0.0479. The Balaban J connectivity index is 2.22. The van der Waals surface area contributed by atoms with Crippen molar-refractivity contribution in [3.05, 3.63) is 12.2 Å². The zero-order chi connectivity index (χ0) is 10.6. The van der Waals surface area contributed by atoms with E-state index in [9.17, 15) is 4.79 Å². The van der Waals surface area contributed by atoms with E-state index in [1.54, 1.807) is 0 Å². The lowest BCUT2D eigenvalue weighted by Crippen LogP contribution is -2.16. The van der Waals surface area contributed by atoms with E-state index in [1.807, 2.05) is 19.9 Å². The van der Waals surface area contributed by atoms with Crippen molar-refractivity contribution in [3.8, 4) is 0 Å². The maximum atomic E-state index is 10.7. The zero-order valence-electron chi connectivity index (χ0n) is 9.03. The van der Waals surface area contributed by atoms with E-state index in [4.69, 9.17) is 9.47 Å². The van der Waals surface area contributed by atoms with Gasteiger partial charge in [-0.2, -0.15) is 0 Å². The molecular weight excluding hydrogens is 180 g/mol. The summed E-state index contributed by atoms with van der Waals surface area (Å²) in [4.78, 5) is 10.7. The van der Waals surface area contributed by atoms with Gasteiger partial charge in [-0.25, -0.2) is 0 Å². The average molecular weight is 198 g/mol. The molecule has 0 aromatic rings. The minimum atomic E-state index is -0.218. The van der Waals surface area contributed by atoms with Crippen LogP contribution in [-0.2, 0) is 14.3 Å². The summed E-state index contributed by atoms with van der Waals surface area (Å²) in [5, 5.41) is 0. The van der Waals surface area contributed by atoms with Crippen molar-refractivity contribution >= 4 is 5.97 Å². The Morgan fingerprint density at radius 2 is 2.21 bits per heavy atom. The van der Waals surface area contributed by atoms with E-state index in [-0.39, 0.29) is 18.2 Å². The SMILES string of the molecule is CC(=O)OC1C=CC(COC(C)C)C1. The molecule has 3 heteroatoms. The molecule has 3 nitrogen and oxygen atoms in total. The second kappa shape index (κ2) is 5.15. The van der Waals surface area contributed by atoms with Crippen molar-refractivity contribution in [2.45, 2.75) is 39.4 Å². The third-order valence-electron chi connectivity index (χ3n) is 2.09. The fourth-order valence-corrected chi connectivity index (χ4v) is 1.48. The molecule has 0 heterocycles. The summed E-state index contributed by atoms with van der Waals surface area (Å²) >= 11 is 0. The number of ether oxygens (including phenoxy) is 2. The van der Waals surface area contributed by atoms with Crippen LogP contribution in [0, 0.1) is 5.92 Å². The maximum Gasteiger partial charge on any atom is 0.303 e. The van der Waals surface area contributed by atoms with Crippen molar-refractivity contribution in [1.82, 2.24) is 0 Å². The van der Waals surface area contributed by atoms with Crippen LogP contribution >= 0.6 is 0 Å². The lowest BCUT2D eigenvalue weighted by Gasteiger charge is -2.14. The smallest absolute Gasteiger partial charge is 0.303 e. The number of hydrogen-bond acceptors (Lipinski definition) is 3. The van der Waals surface area contributed by atoms with Gasteiger partial charge >= 0.3 is 5.97 Å². The van der Waals surface area contributed by atoms with Crippen molar-refractivity contribution < 1.29 is 14.3 Å². The summed E-state index contributed by atoms with van der Waals surface area (Å²) in [7, 11) is 0. The van der Waals surface area contributed by atoms with Crippen LogP contribution in [0.4, 0.5) is 0 Å². The first-order chi connectivity index (χ1) is 6.58. The Kier molecular flexibility index (Phi) is 4.14. The van der Waals surface area contributed by atoms with Gasteiger partial charge in [0.05, 0.1) is 12.7 Å². The molecular formula is C11H18O3. The number of hydrogen-bond donors (Lipinski definition) is 0. The Labute approximate surface area is 85.1 Å². The highest BCUT2D eigenvalue weighted by molar-refractivity contribution is 5.66. The van der Waals surface area contributed by atoms with Crippen LogP contribution in [0.3, 0.4) is 0 Å². The predicted molar refractivity (Wildman–Crippen MR) is 53.9 cm³/mol. The molecule has 0 N–H and O–H groups in total. The minimum Gasteiger partial charge on any atom is -0.458 e. The summed E-state index contributed by atoms with van der Waals surface area (Å²) in [5.74, 6) is 0.173. The second-order valence-electron chi connectivity index (χ2n) is 3.91. The zero-order valence-corrected chi connectivity index (χ0v) is 9.03. The van der Waals surface area contributed by atoms with Gasteiger partial charge in [-0.15, -0.1) is 0 Å². The summed E-state index contributed by atoms with van der Waals surface area (Å²) in [5.41, 5.74) is 0. The fourth-order valence-electron chi connectivity index (χ4n) is 1.48. The van der Waals surface area contributed by atoms with Crippen LogP contribution in [0.5, 0.6) is 0 Å². The first kappa shape index (κ1) is 11.2. The number of rotatable bonds is 4. The summed E-state index contributed by atoms with van der Waals surface area (Å²) in [6.45, 7) is 6.18. The highest BCUT2D eigenvalue weighted by Gasteiger charge is 2.21. The molecule has 80 valence electrons. The van der Waals surface area contributed by atoms with Gasteiger partial charge in [-0.1, -0.05) is 6.08 Å². The second-order valence-corrected chi connectivity index (χ2v) is 3.91. The van der Waals surface area contributed by atoms with Gasteiger partial charge in [0.1, 0.15) is 6.10 Å². The van der Waals surface area contributed by atoms with Crippen LogP contribution < -0.4 is 0 Å². The van der Waals surface area contributed by atoms with E-state index >= 15 is 0 Å². The Morgan fingerprint density at radius 1 is 1.50 bits per heavy atom. The first-order valence-corrected chi connectivity index (χ1v) is 5.05. The molecule has 0 amide bonds. The Hall–Kier alpha value is -0.830. The number of carbonyl (C=O) groups excluding carboxylic acids is 1. The number of esters is 1. The largest absolute Gasteiger partial charge is 0.458 e. The van der Waals surface area contributed by atoms with E-state index < -0.39 is 0 Å². The molecule has 0 radical (unpaired) electrons. The van der Waals surface area contributed by atoms with Crippen LogP contribution in [0.15, 0.2) is 12.2 Å². The van der Waals surface area contributed by atoms with Gasteiger partial charge in [0.2, 0.25) is 0 Å². The summed E-state index contributed by atoms with van der Waals surface area (Å²) < 4.78 is 10.6. The van der Waals surface area contributed by atoms with Gasteiger partial charge in [0, 0.05) is 12.8 Å². The molecule has 0 fully saturated rings. The van der Waals surface area contributed by atoms with Gasteiger partial charge in [-0.05, 0) is 26.3 Å². The molecule has 0 bridgehead atoms. The molecule has 14 heavy (non-hydrogen) atoms. The van der Waals surface area contributed by atoms with E-state index in [0.29, 0.717) is 12.5 Å². The van der Waals surface area contributed by atoms with Gasteiger partial charge in [-0.3, -0.25) is 4.79 Å². The van der Waals surface area contributed by atoms with Crippen molar-refractivity contribution in [3.63, 3.8) is 0 Å². The monoisotopic (exact) mass is 198 g/mol. The lowest BCUT2D eigenvalue weighted by molar-refractivity contribution is -0.144. The fraction of sp³-hybridized carbons (Fsp3) is 0.727. The summed E-state index contributed by atoms with van der Waals surface area (Å²) in [6.07, 6.45) is 5.07. The topological polar surface area (TPSA) is 35.5 Å². The Bertz CT molecular complexity index is 221. The third-order valence-corrected chi connectivity index (χ3v) is 2.09. The van der Waals surface area contributed by atoms with Crippen LogP contribution in [-0.4, -0.2) is 24.8 Å². The van der Waals surface area contributed by atoms with Crippen molar-refractivity contribution in [1.29, 1.82) is 0 Å². The molecule has 0 aromatic heterocycles. The standard InChI is InChI=1S/C11H18O3/c1-8(2)13-7-10-4-5-11(6-10)14-9(3)12/h4-5,8,10-11H,6-7H2,1-3H3. The van der Waals surface area contributed by atoms with Crippen LogP contribution in [0.1, 0.15) is 27.2 Å². The molecule has 2 unspecified atom stereocenters. The third kappa shape index (κ3) is 3.92. The molecule has 1 rings (SSSR count). The molecule has 1 aliphatic rings. The predicted octanol–water partition coefficient (Wildman–Crippen LogP) is 1.92. The molecule has 1 aliphatic carbocycles. The summed E-state index contributed by atoms with van der Waals surface area (Å²) in [6, 6.07) is 0. The van der Waals surface area contributed by atoms with Crippen molar-refractivity contribution in [2.75, 3.05) is 6.61 Å². The van der Waals surface area contributed by atoms with E-state index in [0.717, 1.165) is 6.42 Å².